The minimum absolute atomic E-state index is 0.271. The number of aromatic hydroxyl groups is 1. The molecule has 138 valence electrons. The number of nitrogens with zero attached hydrogens (tertiary/aromatic N) is 1. The lowest BCUT2D eigenvalue weighted by Gasteiger charge is -2.36. The predicted molar refractivity (Wildman–Crippen MR) is 96.9 cm³/mol. The third-order valence-electron chi connectivity index (χ3n) is 4.36. The first-order valence-electron chi connectivity index (χ1n) is 8.68. The molecule has 1 saturated heterocycles. The molecule has 3 amide bonds. The summed E-state index contributed by atoms with van der Waals surface area (Å²) in [7, 11) is 0. The van der Waals surface area contributed by atoms with E-state index in [4.69, 9.17) is 0 Å². The van der Waals surface area contributed by atoms with E-state index in [1.165, 1.54) is 0 Å². The molecule has 1 aromatic rings. The van der Waals surface area contributed by atoms with E-state index < -0.39 is 6.03 Å². The van der Waals surface area contributed by atoms with Gasteiger partial charge in [0, 0.05) is 5.54 Å². The SMILES string of the molecule is C[C@@H](C(=O)NC(=O)NC(C)(C)C)[NH+]1CCN(c2ccccc2O)CC1. The monoisotopic (exact) mass is 349 g/mol. The number of phenolic OH excluding ortho intramolecular Hbond substituents is 1. The summed E-state index contributed by atoms with van der Waals surface area (Å²) < 4.78 is 0. The maximum absolute atomic E-state index is 12.3. The Labute approximate surface area is 149 Å². The first-order valence-corrected chi connectivity index (χ1v) is 8.68. The second-order valence-corrected chi connectivity index (χ2v) is 7.55. The Kier molecular flexibility index (Phi) is 5.89. The van der Waals surface area contributed by atoms with Crippen LogP contribution in [-0.4, -0.2) is 54.8 Å². The van der Waals surface area contributed by atoms with Crippen LogP contribution in [0.15, 0.2) is 24.3 Å². The molecule has 25 heavy (non-hydrogen) atoms. The lowest BCUT2D eigenvalue weighted by molar-refractivity contribution is -0.914. The van der Waals surface area contributed by atoms with E-state index in [1.54, 1.807) is 12.1 Å². The van der Waals surface area contributed by atoms with E-state index in [1.807, 2.05) is 39.8 Å². The molecule has 1 aliphatic rings. The molecule has 0 radical (unpaired) electrons. The molecule has 1 fully saturated rings. The van der Waals surface area contributed by atoms with Crippen molar-refractivity contribution in [2.75, 3.05) is 31.1 Å². The number of carbonyl (C=O) groups excluding carboxylic acids is 2. The highest BCUT2D eigenvalue weighted by molar-refractivity contribution is 5.96. The lowest BCUT2D eigenvalue weighted by Crippen LogP contribution is -3.19. The van der Waals surface area contributed by atoms with Crippen LogP contribution in [0.3, 0.4) is 0 Å². The molecule has 1 aromatic carbocycles. The second-order valence-electron chi connectivity index (χ2n) is 7.55. The van der Waals surface area contributed by atoms with Crippen molar-refractivity contribution in [2.24, 2.45) is 0 Å². The van der Waals surface area contributed by atoms with Gasteiger partial charge in [0.2, 0.25) is 0 Å². The van der Waals surface area contributed by atoms with Gasteiger partial charge in [-0.2, -0.15) is 0 Å². The molecule has 0 bridgehead atoms. The summed E-state index contributed by atoms with van der Waals surface area (Å²) in [5.41, 5.74) is 0.437. The number of piperazine rings is 1. The fourth-order valence-electron chi connectivity index (χ4n) is 2.98. The Hall–Kier alpha value is -2.28. The summed E-state index contributed by atoms with van der Waals surface area (Å²) >= 11 is 0. The number of para-hydroxylation sites is 2. The van der Waals surface area contributed by atoms with Gasteiger partial charge in [0.25, 0.3) is 5.91 Å². The molecule has 4 N–H and O–H groups in total. The van der Waals surface area contributed by atoms with Gasteiger partial charge in [0.15, 0.2) is 6.04 Å². The molecule has 7 heteroatoms. The van der Waals surface area contributed by atoms with Gasteiger partial charge in [-0.3, -0.25) is 10.1 Å². The van der Waals surface area contributed by atoms with Crippen LogP contribution in [-0.2, 0) is 4.79 Å². The number of amides is 3. The second kappa shape index (κ2) is 7.74. The Bertz CT molecular complexity index is 619. The molecule has 0 aromatic heterocycles. The highest BCUT2D eigenvalue weighted by Gasteiger charge is 2.31. The van der Waals surface area contributed by atoms with Crippen LogP contribution >= 0.6 is 0 Å². The average Bonchev–Trinajstić information content (AvgIpc) is 2.53. The molecule has 0 aliphatic carbocycles. The zero-order chi connectivity index (χ0) is 18.6. The topological polar surface area (TPSA) is 86.1 Å². The van der Waals surface area contributed by atoms with Gasteiger partial charge in [-0.1, -0.05) is 12.1 Å². The molecule has 1 aliphatic heterocycles. The number of hydrogen-bond donors (Lipinski definition) is 4. The van der Waals surface area contributed by atoms with Gasteiger partial charge < -0.3 is 20.2 Å². The molecule has 1 atom stereocenters. The number of quaternary nitrogens is 1. The van der Waals surface area contributed by atoms with E-state index in [0.717, 1.165) is 36.8 Å². The van der Waals surface area contributed by atoms with Crippen molar-refractivity contribution in [3.8, 4) is 5.75 Å². The fraction of sp³-hybridized carbons (Fsp3) is 0.556. The number of benzene rings is 1. The summed E-state index contributed by atoms with van der Waals surface area (Å²) in [4.78, 5) is 27.4. The number of urea groups is 1. The Morgan fingerprint density at radius 1 is 1.20 bits per heavy atom. The summed E-state index contributed by atoms with van der Waals surface area (Å²) in [6.45, 7) is 10.5. The summed E-state index contributed by atoms with van der Waals surface area (Å²) in [6, 6.07) is 6.51. The van der Waals surface area contributed by atoms with E-state index in [0.29, 0.717) is 0 Å². The summed E-state index contributed by atoms with van der Waals surface area (Å²) in [6.07, 6.45) is 0. The fourth-order valence-corrected chi connectivity index (χ4v) is 2.98. The van der Waals surface area contributed by atoms with E-state index in [2.05, 4.69) is 15.5 Å². The Morgan fingerprint density at radius 2 is 1.80 bits per heavy atom. The van der Waals surface area contributed by atoms with Gasteiger partial charge in [0.1, 0.15) is 5.75 Å². The van der Waals surface area contributed by atoms with Crippen LogP contribution in [0.2, 0.25) is 0 Å². The molecular formula is C18H29N4O3+. The molecular weight excluding hydrogens is 320 g/mol. The molecule has 7 nitrogen and oxygen atoms in total. The summed E-state index contributed by atoms with van der Waals surface area (Å²) in [5.74, 6) is 0.00310. The zero-order valence-corrected chi connectivity index (χ0v) is 15.4. The zero-order valence-electron chi connectivity index (χ0n) is 15.4. The van der Waals surface area contributed by atoms with Crippen molar-refractivity contribution in [3.05, 3.63) is 24.3 Å². The maximum Gasteiger partial charge on any atom is 0.322 e. The van der Waals surface area contributed by atoms with E-state index in [-0.39, 0.29) is 23.2 Å². The van der Waals surface area contributed by atoms with E-state index >= 15 is 0 Å². The third-order valence-corrected chi connectivity index (χ3v) is 4.36. The number of carbonyl (C=O) groups is 2. The van der Waals surface area contributed by atoms with Crippen LogP contribution in [0.1, 0.15) is 27.7 Å². The Morgan fingerprint density at radius 3 is 2.36 bits per heavy atom. The van der Waals surface area contributed by atoms with E-state index in [9.17, 15) is 14.7 Å². The van der Waals surface area contributed by atoms with Crippen molar-refractivity contribution >= 4 is 17.6 Å². The normalized spacial score (nSPS) is 17.0. The highest BCUT2D eigenvalue weighted by Crippen LogP contribution is 2.25. The predicted octanol–water partition coefficient (Wildman–Crippen LogP) is 0.110. The van der Waals surface area contributed by atoms with Crippen molar-refractivity contribution in [1.82, 2.24) is 10.6 Å². The number of imide groups is 1. The molecule has 0 spiro atoms. The van der Waals surface area contributed by atoms with Crippen molar-refractivity contribution in [2.45, 2.75) is 39.3 Å². The number of phenols is 1. The molecule has 0 unspecified atom stereocenters. The van der Waals surface area contributed by atoms with Crippen LogP contribution < -0.4 is 20.4 Å². The largest absolute Gasteiger partial charge is 0.506 e. The number of nitrogens with one attached hydrogen (secondary N) is 3. The van der Waals surface area contributed by atoms with Crippen molar-refractivity contribution in [3.63, 3.8) is 0 Å². The van der Waals surface area contributed by atoms with Crippen molar-refractivity contribution < 1.29 is 19.6 Å². The van der Waals surface area contributed by atoms with Gasteiger partial charge in [-0.05, 0) is 39.8 Å². The smallest absolute Gasteiger partial charge is 0.322 e. The first-order chi connectivity index (χ1) is 11.7. The number of rotatable bonds is 3. The minimum Gasteiger partial charge on any atom is -0.506 e. The number of anilines is 1. The maximum atomic E-state index is 12.3. The van der Waals surface area contributed by atoms with Gasteiger partial charge >= 0.3 is 6.03 Å². The van der Waals surface area contributed by atoms with Gasteiger partial charge in [-0.15, -0.1) is 0 Å². The van der Waals surface area contributed by atoms with Gasteiger partial charge in [0.05, 0.1) is 31.9 Å². The quantitative estimate of drug-likeness (QED) is 0.624. The lowest BCUT2D eigenvalue weighted by atomic mass is 10.1. The van der Waals surface area contributed by atoms with Crippen LogP contribution in [0.5, 0.6) is 5.75 Å². The standard InChI is InChI=1S/C18H28N4O3/c1-13(16(24)19-17(25)20-18(2,3)4)21-9-11-22(12-10-21)14-7-5-6-8-15(14)23/h5-8,13,23H,9-12H2,1-4H3,(H2,19,20,24,25)/p+1/t13-/m0/s1. The van der Waals surface area contributed by atoms with Crippen LogP contribution in [0.4, 0.5) is 10.5 Å². The first kappa shape index (κ1) is 19.1. The Balaban J connectivity index is 1.86. The van der Waals surface area contributed by atoms with Gasteiger partial charge in [-0.25, -0.2) is 4.79 Å². The highest BCUT2D eigenvalue weighted by atomic mass is 16.3. The minimum atomic E-state index is -0.461. The van der Waals surface area contributed by atoms with Crippen LogP contribution in [0.25, 0.3) is 0 Å². The van der Waals surface area contributed by atoms with Crippen LogP contribution in [0, 0.1) is 0 Å². The molecule has 1 heterocycles. The molecule has 2 rings (SSSR count). The number of hydrogen-bond acceptors (Lipinski definition) is 4. The molecule has 0 saturated carbocycles. The average molecular weight is 349 g/mol. The third kappa shape index (κ3) is 5.35. The van der Waals surface area contributed by atoms with Crippen molar-refractivity contribution in [1.29, 1.82) is 0 Å². The summed E-state index contributed by atoms with van der Waals surface area (Å²) in [5, 5.41) is 15.1.